The van der Waals surface area contributed by atoms with E-state index in [-0.39, 0.29) is 11.7 Å². The third-order valence-corrected chi connectivity index (χ3v) is 4.05. The number of amides is 1. The highest BCUT2D eigenvalue weighted by atomic mass is 32.2. The molecule has 1 aliphatic heterocycles. The number of rotatable bonds is 3. The summed E-state index contributed by atoms with van der Waals surface area (Å²) >= 11 is 1.98. The van der Waals surface area contributed by atoms with Crippen molar-refractivity contribution in [2.45, 2.75) is 12.8 Å². The Balaban J connectivity index is 1.82. The van der Waals surface area contributed by atoms with Gasteiger partial charge in [-0.2, -0.15) is 11.8 Å². The molecule has 2 rings (SSSR count). The van der Waals surface area contributed by atoms with Gasteiger partial charge in [-0.15, -0.1) is 0 Å². The van der Waals surface area contributed by atoms with Gasteiger partial charge in [0.2, 0.25) is 0 Å². The molecule has 1 aromatic rings. The average molecular weight is 253 g/mol. The molecule has 1 fully saturated rings. The molecular formula is C13H16FNOS. The molecule has 0 saturated carbocycles. The van der Waals surface area contributed by atoms with Gasteiger partial charge in [-0.25, -0.2) is 4.39 Å². The zero-order valence-electron chi connectivity index (χ0n) is 9.62. The van der Waals surface area contributed by atoms with E-state index < -0.39 is 0 Å². The van der Waals surface area contributed by atoms with Gasteiger partial charge in [0, 0.05) is 12.1 Å². The molecule has 0 aliphatic carbocycles. The van der Waals surface area contributed by atoms with E-state index in [1.807, 2.05) is 11.8 Å². The molecular weight excluding hydrogens is 237 g/mol. The number of hydrogen-bond acceptors (Lipinski definition) is 2. The fourth-order valence-electron chi connectivity index (χ4n) is 1.89. The highest BCUT2D eigenvalue weighted by molar-refractivity contribution is 7.99. The van der Waals surface area contributed by atoms with Gasteiger partial charge in [-0.05, 0) is 54.5 Å². The second-order valence-corrected chi connectivity index (χ2v) is 5.50. The molecule has 1 amide bonds. The van der Waals surface area contributed by atoms with E-state index in [9.17, 15) is 9.18 Å². The molecule has 0 unspecified atom stereocenters. The number of hydrogen-bond donors (Lipinski definition) is 1. The Morgan fingerprint density at radius 1 is 1.29 bits per heavy atom. The minimum atomic E-state index is -0.314. The maximum Gasteiger partial charge on any atom is 0.251 e. The standard InChI is InChI=1S/C13H16FNOS/c14-12-3-1-11(2-4-12)13(16)15-9-10-5-7-17-8-6-10/h1-4,10H,5-9H2,(H,15,16). The van der Waals surface area contributed by atoms with Crippen molar-refractivity contribution in [1.29, 1.82) is 0 Å². The Hall–Kier alpha value is -1.03. The summed E-state index contributed by atoms with van der Waals surface area (Å²) in [6, 6.07) is 5.65. The van der Waals surface area contributed by atoms with E-state index in [4.69, 9.17) is 0 Å². The number of nitrogens with one attached hydrogen (secondary N) is 1. The molecule has 0 spiro atoms. The summed E-state index contributed by atoms with van der Waals surface area (Å²) < 4.78 is 12.7. The Morgan fingerprint density at radius 2 is 1.94 bits per heavy atom. The molecule has 1 aliphatic rings. The van der Waals surface area contributed by atoms with Crippen LogP contribution in [-0.2, 0) is 0 Å². The number of thioether (sulfide) groups is 1. The summed E-state index contributed by atoms with van der Waals surface area (Å²) in [5.74, 6) is 2.56. The van der Waals surface area contributed by atoms with Crippen LogP contribution in [0, 0.1) is 11.7 Å². The van der Waals surface area contributed by atoms with Crippen LogP contribution in [0.25, 0.3) is 0 Å². The Bertz CT molecular complexity index is 374. The minimum absolute atomic E-state index is 0.108. The van der Waals surface area contributed by atoms with Crippen LogP contribution in [0.15, 0.2) is 24.3 Å². The first-order chi connectivity index (χ1) is 8.25. The van der Waals surface area contributed by atoms with E-state index in [0.717, 1.165) is 6.54 Å². The zero-order valence-corrected chi connectivity index (χ0v) is 10.4. The number of carbonyl (C=O) groups is 1. The molecule has 4 heteroatoms. The third-order valence-electron chi connectivity index (χ3n) is 3.00. The van der Waals surface area contributed by atoms with Gasteiger partial charge >= 0.3 is 0 Å². The lowest BCUT2D eigenvalue weighted by Gasteiger charge is -2.21. The van der Waals surface area contributed by atoms with E-state index in [1.165, 1.54) is 48.6 Å². The van der Waals surface area contributed by atoms with E-state index in [1.54, 1.807) is 0 Å². The first kappa shape index (κ1) is 12.4. The normalized spacial score (nSPS) is 16.8. The zero-order chi connectivity index (χ0) is 12.1. The molecule has 0 radical (unpaired) electrons. The summed E-state index contributed by atoms with van der Waals surface area (Å²) in [6.45, 7) is 0.733. The van der Waals surface area contributed by atoms with Crippen molar-refractivity contribution in [1.82, 2.24) is 5.32 Å². The highest BCUT2D eigenvalue weighted by Gasteiger charge is 2.14. The van der Waals surface area contributed by atoms with Crippen LogP contribution in [0.5, 0.6) is 0 Å². The maximum atomic E-state index is 12.7. The van der Waals surface area contributed by atoms with Gasteiger partial charge in [0.1, 0.15) is 5.82 Å². The molecule has 1 aromatic carbocycles. The lowest BCUT2D eigenvalue weighted by Crippen LogP contribution is -2.30. The molecule has 1 N–H and O–H groups in total. The van der Waals surface area contributed by atoms with Crippen LogP contribution in [0.3, 0.4) is 0 Å². The SMILES string of the molecule is O=C(NCC1CCSCC1)c1ccc(F)cc1. The monoisotopic (exact) mass is 253 g/mol. The summed E-state index contributed by atoms with van der Waals surface area (Å²) in [7, 11) is 0. The van der Waals surface area contributed by atoms with Gasteiger partial charge in [-0.3, -0.25) is 4.79 Å². The van der Waals surface area contributed by atoms with Crippen LogP contribution < -0.4 is 5.32 Å². The van der Waals surface area contributed by atoms with Crippen LogP contribution in [0.1, 0.15) is 23.2 Å². The second kappa shape index (κ2) is 6.05. The lowest BCUT2D eigenvalue weighted by atomic mass is 10.0. The summed E-state index contributed by atoms with van der Waals surface area (Å²) in [6.07, 6.45) is 2.35. The average Bonchev–Trinajstić information content (AvgIpc) is 2.38. The first-order valence-electron chi connectivity index (χ1n) is 5.87. The van der Waals surface area contributed by atoms with Crippen molar-refractivity contribution < 1.29 is 9.18 Å². The largest absolute Gasteiger partial charge is 0.352 e. The lowest BCUT2D eigenvalue weighted by molar-refractivity contribution is 0.0946. The molecule has 0 bridgehead atoms. The van der Waals surface area contributed by atoms with Crippen LogP contribution in [-0.4, -0.2) is 24.0 Å². The topological polar surface area (TPSA) is 29.1 Å². The second-order valence-electron chi connectivity index (χ2n) is 4.27. The smallest absolute Gasteiger partial charge is 0.251 e. The van der Waals surface area contributed by atoms with E-state index in [0.29, 0.717) is 11.5 Å². The first-order valence-corrected chi connectivity index (χ1v) is 7.02. The Labute approximate surface area is 105 Å². The third kappa shape index (κ3) is 3.73. The summed E-state index contributed by atoms with van der Waals surface area (Å²) in [4.78, 5) is 11.8. The van der Waals surface area contributed by atoms with Crippen molar-refractivity contribution >= 4 is 17.7 Å². The van der Waals surface area contributed by atoms with E-state index >= 15 is 0 Å². The quantitative estimate of drug-likeness (QED) is 0.897. The summed E-state index contributed by atoms with van der Waals surface area (Å²) in [5.41, 5.74) is 0.525. The molecule has 2 nitrogen and oxygen atoms in total. The molecule has 1 heterocycles. The van der Waals surface area contributed by atoms with Gasteiger partial charge in [0.15, 0.2) is 0 Å². The fourth-order valence-corrected chi connectivity index (χ4v) is 3.10. The number of halogens is 1. The molecule has 92 valence electrons. The molecule has 0 aromatic heterocycles. The molecule has 17 heavy (non-hydrogen) atoms. The predicted octanol–water partition coefficient (Wildman–Crippen LogP) is 2.70. The predicted molar refractivity (Wildman–Crippen MR) is 68.8 cm³/mol. The summed E-state index contributed by atoms with van der Waals surface area (Å²) in [5, 5.41) is 2.92. The highest BCUT2D eigenvalue weighted by Crippen LogP contribution is 2.21. The Kier molecular flexibility index (Phi) is 4.42. The molecule has 1 saturated heterocycles. The number of benzene rings is 1. The Morgan fingerprint density at radius 3 is 2.59 bits per heavy atom. The van der Waals surface area contributed by atoms with Crippen molar-refractivity contribution in [3.8, 4) is 0 Å². The van der Waals surface area contributed by atoms with Gasteiger partial charge in [0.25, 0.3) is 5.91 Å². The van der Waals surface area contributed by atoms with Gasteiger partial charge in [-0.1, -0.05) is 0 Å². The van der Waals surface area contributed by atoms with Crippen molar-refractivity contribution in [3.05, 3.63) is 35.6 Å². The van der Waals surface area contributed by atoms with Gasteiger partial charge < -0.3 is 5.32 Å². The maximum absolute atomic E-state index is 12.7. The van der Waals surface area contributed by atoms with Crippen LogP contribution in [0.2, 0.25) is 0 Å². The fraction of sp³-hybridized carbons (Fsp3) is 0.462. The van der Waals surface area contributed by atoms with Crippen molar-refractivity contribution in [2.24, 2.45) is 5.92 Å². The van der Waals surface area contributed by atoms with Crippen molar-refractivity contribution in [3.63, 3.8) is 0 Å². The molecule has 0 atom stereocenters. The van der Waals surface area contributed by atoms with Crippen molar-refractivity contribution in [2.75, 3.05) is 18.1 Å². The van der Waals surface area contributed by atoms with E-state index in [2.05, 4.69) is 5.32 Å². The number of carbonyl (C=O) groups excluding carboxylic acids is 1. The van der Waals surface area contributed by atoms with Crippen LogP contribution in [0.4, 0.5) is 4.39 Å². The minimum Gasteiger partial charge on any atom is -0.352 e. The van der Waals surface area contributed by atoms with Gasteiger partial charge in [0.05, 0.1) is 0 Å². The van der Waals surface area contributed by atoms with Crippen LogP contribution >= 0.6 is 11.8 Å².